The molecule has 3 rings (SSSR count). The van der Waals surface area contributed by atoms with E-state index in [1.165, 1.54) is 12.3 Å². The molecular weight excluding hydrogens is 369 g/mol. The minimum atomic E-state index is -0.450. The molecule has 1 aliphatic carbocycles. The lowest BCUT2D eigenvalue weighted by Crippen LogP contribution is -2.33. The first-order valence-corrected chi connectivity index (χ1v) is 10.1. The van der Waals surface area contributed by atoms with E-state index >= 15 is 0 Å². The Morgan fingerprint density at radius 1 is 1.17 bits per heavy atom. The van der Waals surface area contributed by atoms with Crippen LogP contribution in [0, 0.1) is 18.2 Å². The zero-order valence-electron chi connectivity index (χ0n) is 17.4. The van der Waals surface area contributed by atoms with Crippen LogP contribution >= 0.6 is 0 Å². The van der Waals surface area contributed by atoms with Gasteiger partial charge in [-0.25, -0.2) is 4.39 Å². The normalized spacial score (nSPS) is 13.8. The van der Waals surface area contributed by atoms with E-state index in [2.05, 4.69) is 36.4 Å². The summed E-state index contributed by atoms with van der Waals surface area (Å²) >= 11 is 0. The van der Waals surface area contributed by atoms with Gasteiger partial charge < -0.3 is 10.6 Å². The van der Waals surface area contributed by atoms with Crippen LogP contribution in [-0.2, 0) is 0 Å². The SMILES string of the molecule is CCC(C)(C)CNC(=O)c1ccc(-c2cc(C(=O)NC3CC3)cc(F)c2C)nc1. The Hall–Kier alpha value is -2.76. The van der Waals surface area contributed by atoms with E-state index < -0.39 is 5.82 Å². The lowest BCUT2D eigenvalue weighted by atomic mass is 9.90. The van der Waals surface area contributed by atoms with Crippen LogP contribution in [0.15, 0.2) is 30.5 Å². The van der Waals surface area contributed by atoms with E-state index in [1.54, 1.807) is 25.1 Å². The van der Waals surface area contributed by atoms with Gasteiger partial charge in [0.15, 0.2) is 0 Å². The van der Waals surface area contributed by atoms with E-state index in [1.807, 2.05) is 0 Å². The summed E-state index contributed by atoms with van der Waals surface area (Å²) in [5.41, 5.74) is 2.24. The van der Waals surface area contributed by atoms with Crippen molar-refractivity contribution in [3.63, 3.8) is 0 Å². The van der Waals surface area contributed by atoms with Gasteiger partial charge in [0.05, 0.1) is 11.3 Å². The molecule has 0 spiro atoms. The first-order chi connectivity index (χ1) is 13.7. The number of pyridine rings is 1. The minimum Gasteiger partial charge on any atom is -0.351 e. The van der Waals surface area contributed by atoms with Crippen LogP contribution in [0.4, 0.5) is 4.39 Å². The van der Waals surface area contributed by atoms with Crippen molar-refractivity contribution in [3.05, 3.63) is 53.0 Å². The Balaban J connectivity index is 1.79. The number of amides is 2. The number of hydrogen-bond acceptors (Lipinski definition) is 3. The average molecular weight is 397 g/mol. The maximum absolute atomic E-state index is 14.4. The Labute approximate surface area is 171 Å². The predicted octanol–water partition coefficient (Wildman–Crippen LogP) is 4.25. The summed E-state index contributed by atoms with van der Waals surface area (Å²) in [4.78, 5) is 29.0. The van der Waals surface area contributed by atoms with Gasteiger partial charge in [-0.05, 0) is 61.4 Å². The molecule has 0 aliphatic heterocycles. The molecule has 2 amide bonds. The van der Waals surface area contributed by atoms with Crippen molar-refractivity contribution >= 4 is 11.8 Å². The highest BCUT2D eigenvalue weighted by Gasteiger charge is 2.25. The fourth-order valence-electron chi connectivity index (χ4n) is 2.81. The Morgan fingerprint density at radius 2 is 1.90 bits per heavy atom. The van der Waals surface area contributed by atoms with Gasteiger partial charge in [0.1, 0.15) is 5.82 Å². The van der Waals surface area contributed by atoms with Crippen molar-refractivity contribution in [2.24, 2.45) is 5.41 Å². The molecule has 29 heavy (non-hydrogen) atoms. The number of carbonyl (C=O) groups excluding carboxylic acids is 2. The molecule has 0 atom stereocenters. The summed E-state index contributed by atoms with van der Waals surface area (Å²) in [7, 11) is 0. The smallest absolute Gasteiger partial charge is 0.252 e. The second-order valence-corrected chi connectivity index (χ2v) is 8.51. The van der Waals surface area contributed by atoms with E-state index in [9.17, 15) is 14.0 Å². The average Bonchev–Trinajstić information content (AvgIpc) is 3.52. The van der Waals surface area contributed by atoms with Crippen LogP contribution in [-0.4, -0.2) is 29.4 Å². The molecule has 6 heteroatoms. The highest BCUT2D eigenvalue weighted by Crippen LogP contribution is 2.27. The molecule has 1 heterocycles. The van der Waals surface area contributed by atoms with Crippen molar-refractivity contribution in [1.29, 1.82) is 0 Å². The van der Waals surface area contributed by atoms with Gasteiger partial charge >= 0.3 is 0 Å². The van der Waals surface area contributed by atoms with Gasteiger partial charge in [-0.3, -0.25) is 14.6 Å². The third-order valence-electron chi connectivity index (χ3n) is 5.51. The van der Waals surface area contributed by atoms with Gasteiger partial charge in [-0.2, -0.15) is 0 Å². The highest BCUT2D eigenvalue weighted by molar-refractivity contribution is 5.96. The number of halogens is 1. The molecule has 154 valence electrons. The van der Waals surface area contributed by atoms with Gasteiger partial charge in [-0.15, -0.1) is 0 Å². The molecular formula is C23H28FN3O2. The molecule has 1 aromatic heterocycles. The van der Waals surface area contributed by atoms with Crippen molar-refractivity contribution in [2.45, 2.75) is 53.0 Å². The number of benzene rings is 1. The van der Waals surface area contributed by atoms with Crippen LogP contribution in [0.3, 0.4) is 0 Å². The van der Waals surface area contributed by atoms with Crippen molar-refractivity contribution in [3.8, 4) is 11.3 Å². The van der Waals surface area contributed by atoms with Gasteiger partial charge in [0, 0.05) is 29.9 Å². The maximum atomic E-state index is 14.4. The fourth-order valence-corrected chi connectivity index (χ4v) is 2.81. The summed E-state index contributed by atoms with van der Waals surface area (Å²) in [5, 5.41) is 5.80. The Kier molecular flexibility index (Phi) is 6.01. The molecule has 0 unspecified atom stereocenters. The summed E-state index contributed by atoms with van der Waals surface area (Å²) in [6.45, 7) is 8.51. The molecule has 2 N–H and O–H groups in total. The molecule has 0 bridgehead atoms. The van der Waals surface area contributed by atoms with E-state index in [0.717, 1.165) is 19.3 Å². The zero-order valence-corrected chi connectivity index (χ0v) is 17.4. The molecule has 1 aromatic carbocycles. The van der Waals surface area contributed by atoms with Crippen LogP contribution in [0.25, 0.3) is 11.3 Å². The summed E-state index contributed by atoms with van der Waals surface area (Å²) in [6.07, 6.45) is 4.37. The third-order valence-corrected chi connectivity index (χ3v) is 5.51. The number of nitrogens with zero attached hydrogens (tertiary/aromatic N) is 1. The molecule has 0 saturated heterocycles. The minimum absolute atomic E-state index is 0.0269. The quantitative estimate of drug-likeness (QED) is 0.734. The van der Waals surface area contributed by atoms with E-state index in [0.29, 0.717) is 28.9 Å². The lowest BCUT2D eigenvalue weighted by molar-refractivity contribution is 0.0932. The van der Waals surface area contributed by atoms with Gasteiger partial charge in [0.2, 0.25) is 0 Å². The molecule has 0 radical (unpaired) electrons. The van der Waals surface area contributed by atoms with E-state index in [-0.39, 0.29) is 28.8 Å². The summed E-state index contributed by atoms with van der Waals surface area (Å²) in [6, 6.07) is 6.47. The predicted molar refractivity (Wildman–Crippen MR) is 111 cm³/mol. The van der Waals surface area contributed by atoms with E-state index in [4.69, 9.17) is 0 Å². The van der Waals surface area contributed by atoms with Crippen LogP contribution in [0.1, 0.15) is 66.3 Å². The maximum Gasteiger partial charge on any atom is 0.252 e. The standard InChI is InChI=1S/C23H28FN3O2/c1-5-23(3,4)13-26-21(28)15-6-9-20(25-12-15)18-10-16(11-19(24)14(18)2)22(29)27-17-7-8-17/h6,9-12,17H,5,7-8,13H2,1-4H3,(H,26,28)(H,27,29). The van der Waals surface area contributed by atoms with Gasteiger partial charge in [-0.1, -0.05) is 20.8 Å². The summed E-state index contributed by atoms with van der Waals surface area (Å²) < 4.78 is 14.4. The number of aromatic nitrogens is 1. The molecule has 5 nitrogen and oxygen atoms in total. The Morgan fingerprint density at radius 3 is 2.48 bits per heavy atom. The first kappa shape index (κ1) is 21.0. The number of hydrogen-bond donors (Lipinski definition) is 2. The zero-order chi connectivity index (χ0) is 21.2. The Bertz CT molecular complexity index is 918. The molecule has 1 saturated carbocycles. The third kappa shape index (κ3) is 5.19. The van der Waals surface area contributed by atoms with Crippen LogP contribution in [0.5, 0.6) is 0 Å². The second kappa shape index (κ2) is 8.31. The summed E-state index contributed by atoms with van der Waals surface area (Å²) in [5.74, 6) is -0.915. The molecule has 2 aromatic rings. The number of carbonyl (C=O) groups is 2. The molecule has 1 aliphatic rings. The first-order valence-electron chi connectivity index (χ1n) is 10.1. The second-order valence-electron chi connectivity index (χ2n) is 8.51. The highest BCUT2D eigenvalue weighted by atomic mass is 19.1. The van der Waals surface area contributed by atoms with Crippen LogP contribution in [0.2, 0.25) is 0 Å². The van der Waals surface area contributed by atoms with Crippen molar-refractivity contribution in [1.82, 2.24) is 15.6 Å². The van der Waals surface area contributed by atoms with Gasteiger partial charge in [0.25, 0.3) is 11.8 Å². The fraction of sp³-hybridized carbons (Fsp3) is 0.435. The number of rotatable bonds is 7. The van der Waals surface area contributed by atoms with Crippen LogP contribution < -0.4 is 10.6 Å². The lowest BCUT2D eigenvalue weighted by Gasteiger charge is -2.22. The van der Waals surface area contributed by atoms with Crippen molar-refractivity contribution in [2.75, 3.05) is 6.54 Å². The monoisotopic (exact) mass is 397 g/mol. The number of nitrogens with one attached hydrogen (secondary N) is 2. The topological polar surface area (TPSA) is 71.1 Å². The van der Waals surface area contributed by atoms with Crippen molar-refractivity contribution < 1.29 is 14.0 Å². The largest absolute Gasteiger partial charge is 0.351 e. The molecule has 1 fully saturated rings.